The zero-order valence-electron chi connectivity index (χ0n) is 22.7. The molecule has 1 aromatic carbocycles. The molecule has 3 aliphatic rings. The zero-order chi connectivity index (χ0) is 27.8. The molecule has 0 bridgehead atoms. The molecule has 1 aromatic rings. The molecule has 1 saturated heterocycles. The lowest BCUT2D eigenvalue weighted by atomic mass is 9.85. The average molecular weight is 528 g/mol. The van der Waals surface area contributed by atoms with E-state index in [1.54, 1.807) is 30.1 Å². The van der Waals surface area contributed by atoms with Crippen LogP contribution in [0.3, 0.4) is 0 Å². The normalized spacial score (nSPS) is 23.2. The van der Waals surface area contributed by atoms with Gasteiger partial charge in [-0.05, 0) is 72.2 Å². The number of anilines is 1. The standard InChI is InChI=1S/C27H37N5O6/c1-27(2,3)38-26(37)31(5)13-7-12-30(4)17-14-16(15-17)28-19-9-6-8-18-22(19)25(36)32(24(18)35)20-10-11-21(33)29-23(20)34/h6,8-9,16-17,20,28H,7,10-15H2,1-5H3,(H,29,33,34)/t16-,17-,20?. The number of imide groups is 2. The Kier molecular flexibility index (Phi) is 7.78. The molecule has 1 unspecified atom stereocenters. The van der Waals surface area contributed by atoms with Crippen LogP contribution >= 0.6 is 0 Å². The summed E-state index contributed by atoms with van der Waals surface area (Å²) >= 11 is 0. The minimum atomic E-state index is -0.982. The van der Waals surface area contributed by atoms with Crippen LogP contribution in [0, 0.1) is 0 Å². The number of amides is 5. The Bertz CT molecular complexity index is 1140. The Morgan fingerprint density at radius 1 is 1.11 bits per heavy atom. The lowest BCUT2D eigenvalue weighted by Crippen LogP contribution is -2.54. The van der Waals surface area contributed by atoms with E-state index < -0.39 is 35.3 Å². The average Bonchev–Trinajstić information content (AvgIpc) is 3.05. The molecule has 2 fully saturated rings. The Hall–Kier alpha value is -3.47. The third kappa shape index (κ3) is 5.82. The highest BCUT2D eigenvalue weighted by molar-refractivity contribution is 6.25. The molecule has 2 N–H and O–H groups in total. The Morgan fingerprint density at radius 2 is 1.82 bits per heavy atom. The van der Waals surface area contributed by atoms with Gasteiger partial charge in [0, 0.05) is 37.8 Å². The van der Waals surface area contributed by atoms with E-state index in [0.29, 0.717) is 18.3 Å². The smallest absolute Gasteiger partial charge is 0.410 e. The third-order valence-corrected chi connectivity index (χ3v) is 7.27. The Morgan fingerprint density at radius 3 is 2.47 bits per heavy atom. The van der Waals surface area contributed by atoms with E-state index in [9.17, 15) is 24.0 Å². The number of benzene rings is 1. The number of fused-ring (bicyclic) bond motifs is 1. The molecule has 5 amide bonds. The van der Waals surface area contributed by atoms with Crippen molar-refractivity contribution in [2.24, 2.45) is 0 Å². The van der Waals surface area contributed by atoms with Gasteiger partial charge in [0.2, 0.25) is 11.8 Å². The van der Waals surface area contributed by atoms with E-state index in [1.807, 2.05) is 20.8 Å². The number of nitrogens with zero attached hydrogens (tertiary/aromatic N) is 3. The summed E-state index contributed by atoms with van der Waals surface area (Å²) in [7, 11) is 3.80. The summed E-state index contributed by atoms with van der Waals surface area (Å²) in [6.07, 6.45) is 2.46. The van der Waals surface area contributed by atoms with Crippen LogP contribution in [0.1, 0.15) is 73.6 Å². The van der Waals surface area contributed by atoms with Crippen LogP contribution in [0.5, 0.6) is 0 Å². The van der Waals surface area contributed by atoms with Crippen molar-refractivity contribution in [3.05, 3.63) is 29.3 Å². The lowest BCUT2D eigenvalue weighted by molar-refractivity contribution is -0.136. The molecule has 0 aromatic heterocycles. The van der Waals surface area contributed by atoms with Gasteiger partial charge in [0.05, 0.1) is 11.1 Å². The fraction of sp³-hybridized carbons (Fsp3) is 0.593. The largest absolute Gasteiger partial charge is 0.444 e. The van der Waals surface area contributed by atoms with Crippen molar-refractivity contribution in [1.29, 1.82) is 0 Å². The molecule has 1 aliphatic carbocycles. The number of hydrogen-bond donors (Lipinski definition) is 2. The first kappa shape index (κ1) is 27.6. The first-order chi connectivity index (χ1) is 17.9. The molecule has 11 heteroatoms. The first-order valence-electron chi connectivity index (χ1n) is 13.1. The van der Waals surface area contributed by atoms with Gasteiger partial charge in [-0.25, -0.2) is 4.79 Å². The summed E-state index contributed by atoms with van der Waals surface area (Å²) in [5.74, 6) is -2.03. The highest BCUT2D eigenvalue weighted by atomic mass is 16.6. The molecule has 2 aliphatic heterocycles. The third-order valence-electron chi connectivity index (χ3n) is 7.27. The predicted octanol–water partition coefficient (Wildman–Crippen LogP) is 2.22. The number of piperidine rings is 1. The number of carbonyl (C=O) groups excluding carboxylic acids is 5. The molecule has 11 nitrogen and oxygen atoms in total. The van der Waals surface area contributed by atoms with Gasteiger partial charge in [-0.3, -0.25) is 29.4 Å². The van der Waals surface area contributed by atoms with Gasteiger partial charge in [-0.2, -0.15) is 0 Å². The van der Waals surface area contributed by atoms with Crippen LogP contribution in [0.15, 0.2) is 18.2 Å². The Labute approximate surface area is 222 Å². The maximum absolute atomic E-state index is 13.3. The second-order valence-electron chi connectivity index (χ2n) is 11.4. The summed E-state index contributed by atoms with van der Waals surface area (Å²) in [5, 5.41) is 5.64. The molecule has 4 rings (SSSR count). The molecule has 1 saturated carbocycles. The molecular weight excluding hydrogens is 490 g/mol. The highest BCUT2D eigenvalue weighted by Gasteiger charge is 2.46. The maximum Gasteiger partial charge on any atom is 0.410 e. The summed E-state index contributed by atoms with van der Waals surface area (Å²) in [5.41, 5.74) is 0.618. The van der Waals surface area contributed by atoms with Gasteiger partial charge in [0.15, 0.2) is 0 Å². The molecule has 206 valence electrons. The highest BCUT2D eigenvalue weighted by Crippen LogP contribution is 2.35. The van der Waals surface area contributed by atoms with Gasteiger partial charge in [-0.1, -0.05) is 6.07 Å². The van der Waals surface area contributed by atoms with E-state index in [2.05, 4.69) is 22.6 Å². The van der Waals surface area contributed by atoms with Crippen molar-refractivity contribution in [2.75, 3.05) is 32.5 Å². The van der Waals surface area contributed by atoms with Crippen LogP contribution in [-0.4, -0.2) is 95.3 Å². The minimum Gasteiger partial charge on any atom is -0.444 e. The predicted molar refractivity (Wildman–Crippen MR) is 140 cm³/mol. The van der Waals surface area contributed by atoms with Gasteiger partial charge < -0.3 is 19.9 Å². The van der Waals surface area contributed by atoms with E-state index in [1.165, 1.54) is 0 Å². The first-order valence-corrected chi connectivity index (χ1v) is 13.1. The van der Waals surface area contributed by atoms with Crippen LogP contribution in [-0.2, 0) is 14.3 Å². The van der Waals surface area contributed by atoms with Crippen LogP contribution in [0.4, 0.5) is 10.5 Å². The number of hydrogen-bond acceptors (Lipinski definition) is 8. The van der Waals surface area contributed by atoms with Gasteiger partial charge >= 0.3 is 6.09 Å². The van der Waals surface area contributed by atoms with Crippen LogP contribution in [0.25, 0.3) is 0 Å². The van der Waals surface area contributed by atoms with Crippen molar-refractivity contribution >= 4 is 35.4 Å². The Balaban J connectivity index is 1.28. The molecule has 2 heterocycles. The van der Waals surface area contributed by atoms with Crippen molar-refractivity contribution in [3.63, 3.8) is 0 Å². The second kappa shape index (κ2) is 10.7. The number of ether oxygens (including phenoxy) is 1. The SMILES string of the molecule is CN(CCCN(C)[C@H]1C[C@H](Nc2cccc3c2C(=O)N(C2CCC(=O)NC2=O)C3=O)C1)C(=O)OC(C)(C)C. The lowest BCUT2D eigenvalue weighted by Gasteiger charge is -2.42. The van der Waals surface area contributed by atoms with Crippen molar-refractivity contribution in [2.45, 2.75) is 76.6 Å². The summed E-state index contributed by atoms with van der Waals surface area (Å²) in [6, 6.07) is 4.63. The van der Waals surface area contributed by atoms with Gasteiger partial charge in [-0.15, -0.1) is 0 Å². The van der Waals surface area contributed by atoms with Gasteiger partial charge in [0.1, 0.15) is 11.6 Å². The molecule has 1 atom stereocenters. The van der Waals surface area contributed by atoms with E-state index >= 15 is 0 Å². The van der Waals surface area contributed by atoms with Crippen LogP contribution in [0.2, 0.25) is 0 Å². The second-order valence-corrected chi connectivity index (χ2v) is 11.4. The van der Waals surface area contributed by atoms with E-state index in [-0.39, 0.29) is 36.1 Å². The van der Waals surface area contributed by atoms with Gasteiger partial charge in [0.25, 0.3) is 11.8 Å². The molecular formula is C27H37N5O6. The number of rotatable bonds is 8. The summed E-state index contributed by atoms with van der Waals surface area (Å²) in [4.78, 5) is 67.1. The topological polar surface area (TPSA) is 128 Å². The fourth-order valence-electron chi connectivity index (χ4n) is 5.09. The van der Waals surface area contributed by atoms with Crippen LogP contribution < -0.4 is 10.6 Å². The monoisotopic (exact) mass is 527 g/mol. The molecule has 0 radical (unpaired) electrons. The van der Waals surface area contributed by atoms with E-state index in [4.69, 9.17) is 4.74 Å². The quantitative estimate of drug-likeness (QED) is 0.493. The van der Waals surface area contributed by atoms with E-state index in [0.717, 1.165) is 30.7 Å². The fourth-order valence-corrected chi connectivity index (χ4v) is 5.09. The molecule has 0 spiro atoms. The maximum atomic E-state index is 13.3. The van der Waals surface area contributed by atoms with Crippen molar-refractivity contribution < 1.29 is 28.7 Å². The molecule has 38 heavy (non-hydrogen) atoms. The van der Waals surface area contributed by atoms with Crippen molar-refractivity contribution in [1.82, 2.24) is 20.0 Å². The van der Waals surface area contributed by atoms with Crippen molar-refractivity contribution in [3.8, 4) is 0 Å². The number of carbonyl (C=O) groups is 5. The summed E-state index contributed by atoms with van der Waals surface area (Å²) < 4.78 is 5.39. The zero-order valence-corrected chi connectivity index (χ0v) is 22.7. The summed E-state index contributed by atoms with van der Waals surface area (Å²) in [6.45, 7) is 6.97. The minimum absolute atomic E-state index is 0.0865. The number of nitrogens with one attached hydrogen (secondary N) is 2.